The lowest BCUT2D eigenvalue weighted by Crippen LogP contribution is -2.44. The van der Waals surface area contributed by atoms with Crippen LogP contribution in [0.15, 0.2) is 18.6 Å². The van der Waals surface area contributed by atoms with Gasteiger partial charge in [0, 0.05) is 50.4 Å². The molecule has 0 unspecified atom stereocenters. The van der Waals surface area contributed by atoms with Gasteiger partial charge in [-0.1, -0.05) is 6.92 Å². The molecule has 0 aromatic carbocycles. The Balaban J connectivity index is 1.94. The Morgan fingerprint density at radius 1 is 1.31 bits per heavy atom. The van der Waals surface area contributed by atoms with E-state index in [1.807, 2.05) is 13.8 Å². The molecule has 0 radical (unpaired) electrons. The van der Waals surface area contributed by atoms with Gasteiger partial charge in [-0.2, -0.15) is 0 Å². The molecule has 8 heteroatoms. The van der Waals surface area contributed by atoms with Crippen LogP contribution in [0.4, 0.5) is 0 Å². The van der Waals surface area contributed by atoms with E-state index < -0.39 is 0 Å². The third-order valence-corrected chi connectivity index (χ3v) is 4.98. The van der Waals surface area contributed by atoms with Crippen LogP contribution in [0, 0.1) is 5.92 Å². The summed E-state index contributed by atoms with van der Waals surface area (Å²) in [5.74, 6) is -0.663. The number of rotatable bonds is 7. The van der Waals surface area contributed by atoms with Crippen molar-refractivity contribution in [1.82, 2.24) is 19.8 Å². The minimum Gasteiger partial charge on any atom is -0.369 e. The second-order valence-corrected chi connectivity index (χ2v) is 6.65. The van der Waals surface area contributed by atoms with Gasteiger partial charge < -0.3 is 15.5 Å². The zero-order valence-corrected chi connectivity index (χ0v) is 15.4. The molecule has 3 amide bonds. The molecule has 1 aliphatic rings. The molecule has 142 valence electrons. The lowest BCUT2D eigenvalue weighted by Gasteiger charge is -2.32. The minimum absolute atomic E-state index is 0.00194. The summed E-state index contributed by atoms with van der Waals surface area (Å²) in [5, 5.41) is 0. The lowest BCUT2D eigenvalue weighted by molar-refractivity contribution is -0.135. The molecule has 2 N–H and O–H groups in total. The number of amides is 3. The van der Waals surface area contributed by atoms with Gasteiger partial charge in [0.25, 0.3) is 5.91 Å². The van der Waals surface area contributed by atoms with Crippen LogP contribution in [0.3, 0.4) is 0 Å². The molecular weight excluding hydrogens is 334 g/mol. The maximum atomic E-state index is 12.7. The number of hydrogen-bond donors (Lipinski definition) is 1. The number of nitrogens with zero attached hydrogens (tertiary/aromatic N) is 4. The Morgan fingerprint density at radius 3 is 2.54 bits per heavy atom. The minimum atomic E-state index is -0.297. The van der Waals surface area contributed by atoms with Crippen LogP contribution in [-0.4, -0.2) is 63.2 Å². The summed E-state index contributed by atoms with van der Waals surface area (Å²) in [4.78, 5) is 47.9. The summed E-state index contributed by atoms with van der Waals surface area (Å²) in [6.07, 6.45) is 6.68. The first-order valence-corrected chi connectivity index (χ1v) is 9.08. The van der Waals surface area contributed by atoms with E-state index in [2.05, 4.69) is 9.97 Å². The third-order valence-electron chi connectivity index (χ3n) is 4.98. The van der Waals surface area contributed by atoms with Gasteiger partial charge in [-0.05, 0) is 26.2 Å². The molecule has 2 rings (SSSR count). The summed E-state index contributed by atoms with van der Waals surface area (Å²) in [7, 11) is 0. The fraction of sp³-hybridized carbons (Fsp3) is 0.611. The van der Waals surface area contributed by atoms with Crippen LogP contribution in [0.2, 0.25) is 0 Å². The van der Waals surface area contributed by atoms with Crippen LogP contribution in [0.25, 0.3) is 0 Å². The van der Waals surface area contributed by atoms with E-state index >= 15 is 0 Å². The largest absolute Gasteiger partial charge is 0.369 e. The van der Waals surface area contributed by atoms with E-state index in [9.17, 15) is 14.4 Å². The number of carbonyl (C=O) groups is 3. The Kier molecular flexibility index (Phi) is 7.06. The van der Waals surface area contributed by atoms with Gasteiger partial charge in [0.05, 0.1) is 6.20 Å². The van der Waals surface area contributed by atoms with Crippen molar-refractivity contribution in [3.8, 4) is 0 Å². The Hall–Kier alpha value is -2.51. The van der Waals surface area contributed by atoms with Gasteiger partial charge in [0.1, 0.15) is 5.69 Å². The zero-order chi connectivity index (χ0) is 19.1. The Morgan fingerprint density at radius 2 is 2.00 bits per heavy atom. The van der Waals surface area contributed by atoms with Gasteiger partial charge in [0.15, 0.2) is 0 Å². The fourth-order valence-electron chi connectivity index (χ4n) is 3.09. The highest BCUT2D eigenvalue weighted by molar-refractivity contribution is 5.92. The van der Waals surface area contributed by atoms with Crippen LogP contribution >= 0.6 is 0 Å². The smallest absolute Gasteiger partial charge is 0.274 e. The first-order chi connectivity index (χ1) is 12.4. The molecule has 2 heterocycles. The summed E-state index contributed by atoms with van der Waals surface area (Å²) in [5.41, 5.74) is 5.61. The average Bonchev–Trinajstić information content (AvgIpc) is 2.68. The van der Waals surface area contributed by atoms with Crippen LogP contribution in [-0.2, 0) is 9.59 Å². The number of carbonyl (C=O) groups excluding carboxylic acids is 3. The van der Waals surface area contributed by atoms with Crippen molar-refractivity contribution in [2.75, 3.05) is 19.6 Å². The Labute approximate surface area is 153 Å². The van der Waals surface area contributed by atoms with E-state index in [0.717, 1.165) is 6.42 Å². The Bertz CT molecular complexity index is 629. The van der Waals surface area contributed by atoms with E-state index in [0.29, 0.717) is 32.5 Å². The molecule has 0 aliphatic carbocycles. The highest BCUT2D eigenvalue weighted by Crippen LogP contribution is 2.18. The maximum Gasteiger partial charge on any atom is 0.274 e. The van der Waals surface area contributed by atoms with Gasteiger partial charge in [-0.3, -0.25) is 19.4 Å². The van der Waals surface area contributed by atoms with E-state index in [-0.39, 0.29) is 41.8 Å². The topological polar surface area (TPSA) is 109 Å². The standard InChI is InChI=1S/C18H27N5O3/c1-3-13(2)23(18(26)15-12-20-7-8-21-15)11-6-16(24)22-9-4-14(5-10-22)17(19)25/h7-8,12-14H,3-6,9-11H2,1-2H3,(H2,19,25)/t13-/m0/s1. The molecule has 8 nitrogen and oxygen atoms in total. The molecule has 1 saturated heterocycles. The number of piperidine rings is 1. The van der Waals surface area contributed by atoms with Crippen molar-refractivity contribution >= 4 is 17.7 Å². The highest BCUT2D eigenvalue weighted by Gasteiger charge is 2.27. The van der Waals surface area contributed by atoms with Crippen molar-refractivity contribution in [1.29, 1.82) is 0 Å². The molecule has 1 aromatic heterocycles. The van der Waals surface area contributed by atoms with Gasteiger partial charge in [-0.15, -0.1) is 0 Å². The lowest BCUT2D eigenvalue weighted by atomic mass is 9.96. The van der Waals surface area contributed by atoms with Crippen molar-refractivity contribution < 1.29 is 14.4 Å². The van der Waals surface area contributed by atoms with E-state index in [4.69, 9.17) is 5.73 Å². The fourth-order valence-corrected chi connectivity index (χ4v) is 3.09. The normalized spacial score (nSPS) is 16.2. The predicted molar refractivity (Wildman–Crippen MR) is 95.9 cm³/mol. The van der Waals surface area contributed by atoms with Gasteiger partial charge in [-0.25, -0.2) is 4.98 Å². The first-order valence-electron chi connectivity index (χ1n) is 9.08. The molecule has 1 fully saturated rings. The third kappa shape index (κ3) is 5.00. The second-order valence-electron chi connectivity index (χ2n) is 6.65. The molecule has 0 saturated carbocycles. The van der Waals surface area contributed by atoms with E-state index in [1.165, 1.54) is 18.6 Å². The highest BCUT2D eigenvalue weighted by atomic mass is 16.2. The summed E-state index contributed by atoms with van der Waals surface area (Å²) in [6.45, 7) is 5.36. The maximum absolute atomic E-state index is 12.7. The molecule has 0 bridgehead atoms. The average molecular weight is 361 g/mol. The van der Waals surface area contributed by atoms with Crippen molar-refractivity contribution in [3.63, 3.8) is 0 Å². The monoisotopic (exact) mass is 361 g/mol. The summed E-state index contributed by atoms with van der Waals surface area (Å²) in [6, 6.07) is -0.00194. The van der Waals surface area contributed by atoms with Crippen LogP contribution < -0.4 is 5.73 Å². The van der Waals surface area contributed by atoms with E-state index in [1.54, 1.807) is 9.80 Å². The first kappa shape index (κ1) is 19.8. The van der Waals surface area contributed by atoms with Crippen LogP contribution in [0.5, 0.6) is 0 Å². The second kappa shape index (κ2) is 9.26. The molecule has 1 atom stereocenters. The number of hydrogen-bond acceptors (Lipinski definition) is 5. The molecule has 1 aliphatic heterocycles. The number of nitrogens with two attached hydrogens (primary N) is 1. The van der Waals surface area contributed by atoms with Gasteiger partial charge >= 0.3 is 0 Å². The predicted octanol–water partition coefficient (Wildman–Crippen LogP) is 0.831. The molecule has 1 aromatic rings. The number of primary amides is 1. The summed E-state index contributed by atoms with van der Waals surface area (Å²) < 4.78 is 0. The van der Waals surface area contributed by atoms with Crippen molar-refractivity contribution in [2.24, 2.45) is 11.7 Å². The van der Waals surface area contributed by atoms with Crippen molar-refractivity contribution in [2.45, 2.75) is 45.6 Å². The SMILES string of the molecule is CC[C@H](C)N(CCC(=O)N1CCC(C(N)=O)CC1)C(=O)c1cnccn1. The van der Waals surface area contributed by atoms with Crippen molar-refractivity contribution in [3.05, 3.63) is 24.3 Å². The van der Waals surface area contributed by atoms with Gasteiger partial charge in [0.2, 0.25) is 11.8 Å². The molecule has 26 heavy (non-hydrogen) atoms. The van der Waals surface area contributed by atoms with Crippen LogP contribution in [0.1, 0.15) is 50.0 Å². The zero-order valence-electron chi connectivity index (χ0n) is 15.4. The molecular formula is C18H27N5O3. The quantitative estimate of drug-likeness (QED) is 0.773. The summed E-state index contributed by atoms with van der Waals surface area (Å²) >= 11 is 0. The number of likely N-dealkylation sites (tertiary alicyclic amines) is 1. The molecule has 0 spiro atoms. The number of aromatic nitrogens is 2.